The van der Waals surface area contributed by atoms with E-state index in [9.17, 15) is 9.59 Å². The van der Waals surface area contributed by atoms with Gasteiger partial charge in [-0.2, -0.15) is 0 Å². The number of nitrogens with one attached hydrogen (secondary N) is 2. The molecule has 1 aliphatic heterocycles. The largest absolute Gasteiger partial charge is 0.494 e. The predicted octanol–water partition coefficient (Wildman–Crippen LogP) is 1.68. The van der Waals surface area contributed by atoms with Crippen molar-refractivity contribution in [1.82, 2.24) is 10.6 Å². The average molecular weight is 348 g/mol. The average Bonchev–Trinajstić information content (AvgIpc) is 3.12. The van der Waals surface area contributed by atoms with Crippen molar-refractivity contribution in [3.63, 3.8) is 0 Å². The van der Waals surface area contributed by atoms with Crippen molar-refractivity contribution in [2.45, 2.75) is 38.6 Å². The Labute approximate surface area is 149 Å². The van der Waals surface area contributed by atoms with Gasteiger partial charge >= 0.3 is 5.97 Å². The fraction of sp³-hybridized carbons (Fsp3) is 0.579. The highest BCUT2D eigenvalue weighted by atomic mass is 16.5. The Kier molecular flexibility index (Phi) is 7.73. The van der Waals surface area contributed by atoms with Crippen LogP contribution in [-0.4, -0.2) is 44.7 Å². The van der Waals surface area contributed by atoms with E-state index in [1.165, 1.54) is 7.11 Å². The van der Waals surface area contributed by atoms with Crippen LogP contribution in [0.5, 0.6) is 5.75 Å². The topological polar surface area (TPSA) is 76.7 Å². The molecule has 0 aromatic heterocycles. The minimum absolute atomic E-state index is 0.0278. The first kappa shape index (κ1) is 19.2. The number of benzene rings is 1. The van der Waals surface area contributed by atoms with Crippen molar-refractivity contribution < 1.29 is 19.1 Å². The molecule has 2 N–H and O–H groups in total. The molecule has 1 heterocycles. The van der Waals surface area contributed by atoms with Crippen LogP contribution in [0.1, 0.15) is 31.7 Å². The van der Waals surface area contributed by atoms with Crippen LogP contribution < -0.4 is 15.4 Å². The Hall–Kier alpha value is -2.08. The number of carbonyl (C=O) groups is 2. The molecule has 2 atom stereocenters. The normalized spacial score (nSPS) is 17.8. The standard InChI is InChI=1S/C19H28N2O4/c1-3-25-17-8-6-14(7-9-17)11-15(19(23)24-2)13-21-18(22)12-16-5-4-10-20-16/h6-9,15-16,20H,3-5,10-13H2,1-2H3,(H,21,22). The zero-order valence-electron chi connectivity index (χ0n) is 15.0. The van der Waals surface area contributed by atoms with Gasteiger partial charge in [-0.15, -0.1) is 0 Å². The van der Waals surface area contributed by atoms with Crippen LogP contribution in [0.3, 0.4) is 0 Å². The lowest BCUT2D eigenvalue weighted by molar-refractivity contribution is -0.145. The number of carbonyl (C=O) groups excluding carboxylic acids is 2. The lowest BCUT2D eigenvalue weighted by Gasteiger charge is -2.17. The molecule has 2 rings (SSSR count). The van der Waals surface area contributed by atoms with E-state index < -0.39 is 5.92 Å². The zero-order chi connectivity index (χ0) is 18.1. The minimum atomic E-state index is -0.400. The Morgan fingerprint density at radius 1 is 1.32 bits per heavy atom. The van der Waals surface area contributed by atoms with Gasteiger partial charge in [0.15, 0.2) is 0 Å². The van der Waals surface area contributed by atoms with E-state index in [0.29, 0.717) is 19.4 Å². The molecule has 1 fully saturated rings. The molecule has 1 aromatic carbocycles. The fourth-order valence-electron chi connectivity index (χ4n) is 3.04. The third-order valence-corrected chi connectivity index (χ3v) is 4.39. The second kappa shape index (κ2) is 10.0. The summed E-state index contributed by atoms with van der Waals surface area (Å²) in [5, 5.41) is 6.17. The maximum absolute atomic E-state index is 12.1. The maximum atomic E-state index is 12.1. The molecule has 0 radical (unpaired) electrons. The Morgan fingerprint density at radius 2 is 2.08 bits per heavy atom. The summed E-state index contributed by atoms with van der Waals surface area (Å²) in [6.07, 6.45) is 3.11. The summed E-state index contributed by atoms with van der Waals surface area (Å²) in [7, 11) is 1.37. The first-order valence-electron chi connectivity index (χ1n) is 8.92. The Bertz CT molecular complexity index is 553. The molecular weight excluding hydrogens is 320 g/mol. The highest BCUT2D eigenvalue weighted by molar-refractivity contribution is 5.78. The molecule has 0 saturated carbocycles. The summed E-state index contributed by atoms with van der Waals surface area (Å²) in [6.45, 7) is 3.81. The number of amides is 1. The van der Waals surface area contributed by atoms with E-state index in [4.69, 9.17) is 9.47 Å². The van der Waals surface area contributed by atoms with E-state index >= 15 is 0 Å². The third-order valence-electron chi connectivity index (χ3n) is 4.39. The highest BCUT2D eigenvalue weighted by Gasteiger charge is 2.22. The van der Waals surface area contributed by atoms with Gasteiger partial charge in [0.2, 0.25) is 5.91 Å². The summed E-state index contributed by atoms with van der Waals surface area (Å²) >= 11 is 0. The van der Waals surface area contributed by atoms with E-state index in [1.807, 2.05) is 31.2 Å². The number of hydrogen-bond acceptors (Lipinski definition) is 5. The van der Waals surface area contributed by atoms with Crippen molar-refractivity contribution in [3.8, 4) is 5.75 Å². The van der Waals surface area contributed by atoms with Crippen LogP contribution in [0.2, 0.25) is 0 Å². The number of esters is 1. The van der Waals surface area contributed by atoms with Crippen LogP contribution in [-0.2, 0) is 20.7 Å². The molecule has 6 nitrogen and oxygen atoms in total. The van der Waals surface area contributed by atoms with Crippen molar-refractivity contribution in [1.29, 1.82) is 0 Å². The molecule has 138 valence electrons. The molecule has 6 heteroatoms. The van der Waals surface area contributed by atoms with E-state index in [1.54, 1.807) is 0 Å². The molecule has 1 aromatic rings. The number of rotatable bonds is 9. The second-order valence-electron chi connectivity index (χ2n) is 6.30. The smallest absolute Gasteiger partial charge is 0.310 e. The van der Waals surface area contributed by atoms with Crippen molar-refractivity contribution in [3.05, 3.63) is 29.8 Å². The number of methoxy groups -OCH3 is 1. The van der Waals surface area contributed by atoms with Crippen LogP contribution in [0, 0.1) is 5.92 Å². The first-order chi connectivity index (χ1) is 12.1. The molecule has 25 heavy (non-hydrogen) atoms. The second-order valence-corrected chi connectivity index (χ2v) is 6.30. The van der Waals surface area contributed by atoms with Gasteiger partial charge in [0.25, 0.3) is 0 Å². The van der Waals surface area contributed by atoms with Gasteiger partial charge in [-0.1, -0.05) is 12.1 Å². The lowest BCUT2D eigenvalue weighted by atomic mass is 9.99. The quantitative estimate of drug-likeness (QED) is 0.664. The monoisotopic (exact) mass is 348 g/mol. The zero-order valence-corrected chi connectivity index (χ0v) is 15.0. The SMILES string of the molecule is CCOc1ccc(CC(CNC(=O)CC2CCCN2)C(=O)OC)cc1. The van der Waals surface area contributed by atoms with Gasteiger partial charge in [-0.3, -0.25) is 9.59 Å². The van der Waals surface area contributed by atoms with Crippen LogP contribution in [0.4, 0.5) is 0 Å². The summed E-state index contributed by atoms with van der Waals surface area (Å²) in [4.78, 5) is 24.1. The summed E-state index contributed by atoms with van der Waals surface area (Å²) < 4.78 is 10.3. The molecule has 1 aliphatic rings. The molecule has 0 bridgehead atoms. The van der Waals surface area contributed by atoms with E-state index in [2.05, 4.69) is 10.6 Å². The molecule has 1 amide bonds. The van der Waals surface area contributed by atoms with Gasteiger partial charge in [0.05, 0.1) is 19.6 Å². The lowest BCUT2D eigenvalue weighted by Crippen LogP contribution is -2.37. The Balaban J connectivity index is 1.87. The van der Waals surface area contributed by atoms with Crippen LogP contribution >= 0.6 is 0 Å². The number of ether oxygens (including phenoxy) is 2. The van der Waals surface area contributed by atoms with Gasteiger partial charge in [-0.05, 0) is 50.4 Å². The highest BCUT2D eigenvalue weighted by Crippen LogP contribution is 2.16. The van der Waals surface area contributed by atoms with E-state index in [-0.39, 0.29) is 24.5 Å². The van der Waals surface area contributed by atoms with Crippen molar-refractivity contribution in [2.24, 2.45) is 5.92 Å². The fourth-order valence-corrected chi connectivity index (χ4v) is 3.04. The maximum Gasteiger partial charge on any atom is 0.310 e. The third kappa shape index (κ3) is 6.38. The summed E-state index contributed by atoms with van der Waals surface area (Å²) in [5.41, 5.74) is 1.01. The minimum Gasteiger partial charge on any atom is -0.494 e. The van der Waals surface area contributed by atoms with Crippen molar-refractivity contribution in [2.75, 3.05) is 26.8 Å². The van der Waals surface area contributed by atoms with Crippen LogP contribution in [0.15, 0.2) is 24.3 Å². The van der Waals surface area contributed by atoms with E-state index in [0.717, 1.165) is 30.7 Å². The number of hydrogen-bond donors (Lipinski definition) is 2. The Morgan fingerprint density at radius 3 is 2.68 bits per heavy atom. The molecule has 1 saturated heterocycles. The van der Waals surface area contributed by atoms with Crippen LogP contribution in [0.25, 0.3) is 0 Å². The van der Waals surface area contributed by atoms with Gasteiger partial charge in [0, 0.05) is 19.0 Å². The van der Waals surface area contributed by atoms with Gasteiger partial charge in [0.1, 0.15) is 5.75 Å². The predicted molar refractivity (Wildman–Crippen MR) is 95.5 cm³/mol. The van der Waals surface area contributed by atoms with Crippen molar-refractivity contribution >= 4 is 11.9 Å². The molecule has 0 aliphatic carbocycles. The summed E-state index contributed by atoms with van der Waals surface area (Å²) in [5.74, 6) is 0.0647. The summed E-state index contributed by atoms with van der Waals surface area (Å²) in [6, 6.07) is 7.90. The van der Waals surface area contributed by atoms with Gasteiger partial charge in [-0.25, -0.2) is 0 Å². The molecular formula is C19H28N2O4. The molecule has 2 unspecified atom stereocenters. The molecule has 0 spiro atoms. The van der Waals surface area contributed by atoms with Gasteiger partial charge < -0.3 is 20.1 Å². The first-order valence-corrected chi connectivity index (χ1v) is 8.92.